The van der Waals surface area contributed by atoms with Gasteiger partial charge in [0.2, 0.25) is 0 Å². The Morgan fingerprint density at radius 3 is 1.53 bits per heavy atom. The molecular formula is C53H50N4. The van der Waals surface area contributed by atoms with Gasteiger partial charge in [-0.2, -0.15) is 10.5 Å². The van der Waals surface area contributed by atoms with Gasteiger partial charge in [-0.3, -0.25) is 0 Å². The summed E-state index contributed by atoms with van der Waals surface area (Å²) in [5.41, 5.74) is 14.4. The van der Waals surface area contributed by atoms with E-state index >= 15 is 0 Å². The largest absolute Gasteiger partial charge is 0.333 e. The van der Waals surface area contributed by atoms with E-state index in [1.165, 1.54) is 71.4 Å². The zero-order chi connectivity index (χ0) is 40.3. The van der Waals surface area contributed by atoms with Crippen molar-refractivity contribution in [3.63, 3.8) is 0 Å². The fourth-order valence-electron chi connectivity index (χ4n) is 9.23. The predicted octanol–water partition coefficient (Wildman–Crippen LogP) is 14.7. The minimum atomic E-state index is 0.0691. The Hall–Kier alpha value is -6.36. The lowest BCUT2D eigenvalue weighted by Crippen LogP contribution is -2.37. The standard InChI is InChI=1S/C53H50N4/c1-31(2)47-27-50(56(40-14-10-38(29-54)11-15-40)42-24-33(5)22-34(6)25-42)45-20-18-44-48(32(3)4)28-51(46-21-19-43(47)52(45)53(44)46)57(41-16-12-39(30-55)13-17-41)49-26-35(7)23-36(8)37(49)9/h10-28,31-32,37,49H,1-9H3. The predicted molar refractivity (Wildman–Crippen MR) is 241 cm³/mol. The molecule has 0 aromatic heterocycles. The minimum absolute atomic E-state index is 0.0691. The van der Waals surface area contributed by atoms with Gasteiger partial charge in [0.1, 0.15) is 0 Å². The van der Waals surface area contributed by atoms with E-state index in [-0.39, 0.29) is 23.8 Å². The molecule has 57 heavy (non-hydrogen) atoms. The molecule has 0 heterocycles. The van der Waals surface area contributed by atoms with E-state index in [4.69, 9.17) is 0 Å². The molecular weight excluding hydrogens is 693 g/mol. The van der Waals surface area contributed by atoms with E-state index in [0.717, 1.165) is 22.7 Å². The van der Waals surface area contributed by atoms with Crippen molar-refractivity contribution >= 4 is 60.8 Å². The van der Waals surface area contributed by atoms with Crippen molar-refractivity contribution in [2.75, 3.05) is 9.80 Å². The van der Waals surface area contributed by atoms with Crippen LogP contribution in [0.1, 0.15) is 93.7 Å². The zero-order valence-electron chi connectivity index (χ0n) is 34.6. The Balaban J connectivity index is 1.51. The van der Waals surface area contributed by atoms with Crippen molar-refractivity contribution in [1.29, 1.82) is 10.5 Å². The summed E-state index contributed by atoms with van der Waals surface area (Å²) in [5, 5.41) is 27.0. The van der Waals surface area contributed by atoms with Crippen molar-refractivity contribution in [2.24, 2.45) is 5.92 Å². The van der Waals surface area contributed by atoms with Gasteiger partial charge in [-0.1, -0.05) is 88.2 Å². The Morgan fingerprint density at radius 1 is 0.544 bits per heavy atom. The first-order valence-electron chi connectivity index (χ1n) is 20.2. The molecule has 0 fully saturated rings. The van der Waals surface area contributed by atoms with Gasteiger partial charge in [-0.25, -0.2) is 0 Å². The number of hydrogen-bond donors (Lipinski definition) is 0. The highest BCUT2D eigenvalue weighted by atomic mass is 15.2. The number of nitrogens with zero attached hydrogens (tertiary/aromatic N) is 4. The van der Waals surface area contributed by atoms with Crippen molar-refractivity contribution in [2.45, 2.75) is 80.2 Å². The van der Waals surface area contributed by atoms with Crippen LogP contribution in [0.2, 0.25) is 0 Å². The molecule has 2 unspecified atom stereocenters. The Bertz CT molecular complexity index is 2800. The van der Waals surface area contributed by atoms with Crippen molar-refractivity contribution in [1.82, 2.24) is 0 Å². The van der Waals surface area contributed by atoms with Crippen LogP contribution in [-0.2, 0) is 0 Å². The molecule has 4 nitrogen and oxygen atoms in total. The smallest absolute Gasteiger partial charge is 0.0991 e. The lowest BCUT2D eigenvalue weighted by Gasteiger charge is -2.39. The molecule has 7 aromatic rings. The first kappa shape index (κ1) is 37.6. The fourth-order valence-corrected chi connectivity index (χ4v) is 9.23. The second-order valence-electron chi connectivity index (χ2n) is 16.8. The lowest BCUT2D eigenvalue weighted by atomic mass is 9.82. The molecule has 0 spiro atoms. The van der Waals surface area contributed by atoms with Gasteiger partial charge >= 0.3 is 0 Å². The average Bonchev–Trinajstić information content (AvgIpc) is 3.19. The molecule has 0 saturated carbocycles. The molecule has 2 atom stereocenters. The van der Waals surface area contributed by atoms with Crippen LogP contribution in [0.15, 0.2) is 126 Å². The van der Waals surface area contributed by atoms with E-state index in [1.54, 1.807) is 0 Å². The number of aryl methyl sites for hydroxylation is 2. The van der Waals surface area contributed by atoms with E-state index in [9.17, 15) is 10.5 Å². The molecule has 8 rings (SSSR count). The van der Waals surface area contributed by atoms with E-state index in [1.807, 2.05) is 24.3 Å². The van der Waals surface area contributed by atoms with Gasteiger partial charge in [0.15, 0.2) is 0 Å². The molecule has 1 aliphatic rings. The van der Waals surface area contributed by atoms with Crippen LogP contribution in [-0.4, -0.2) is 6.04 Å². The minimum Gasteiger partial charge on any atom is -0.333 e. The molecule has 0 amide bonds. The highest BCUT2D eigenvalue weighted by Crippen LogP contribution is 2.51. The highest BCUT2D eigenvalue weighted by molar-refractivity contribution is 6.29. The Morgan fingerprint density at radius 2 is 1.02 bits per heavy atom. The monoisotopic (exact) mass is 742 g/mol. The SMILES string of the molecule is CC1=CC(N(c2ccc(C#N)cc2)c2cc(C(C)C)c3ccc4c(N(c5ccc(C#N)cc5)c5cc(C)cc(C)c5)cc(C(C)C)c5ccc2c3c54)C(C)C(C)=C1. The van der Waals surface area contributed by atoms with E-state index in [0.29, 0.717) is 11.1 Å². The van der Waals surface area contributed by atoms with Gasteiger partial charge < -0.3 is 9.80 Å². The fraction of sp³-hybridized carbons (Fsp3) is 0.245. The summed E-state index contributed by atoms with van der Waals surface area (Å²) in [4.78, 5) is 4.92. The Labute approximate surface area is 337 Å². The van der Waals surface area contributed by atoms with Crippen molar-refractivity contribution in [3.8, 4) is 12.1 Å². The molecule has 0 bridgehead atoms. The highest BCUT2D eigenvalue weighted by Gasteiger charge is 2.31. The number of rotatable bonds is 8. The van der Waals surface area contributed by atoms with Crippen LogP contribution in [0.4, 0.5) is 28.4 Å². The third kappa shape index (κ3) is 6.50. The maximum atomic E-state index is 9.76. The number of benzene rings is 7. The number of allylic oxidation sites excluding steroid dienone is 2. The molecule has 1 aliphatic carbocycles. The summed E-state index contributed by atoms with van der Waals surface area (Å²) in [5.74, 6) is 0.803. The van der Waals surface area contributed by atoms with Crippen molar-refractivity contribution in [3.05, 3.63) is 160 Å². The van der Waals surface area contributed by atoms with Crippen LogP contribution in [0, 0.1) is 42.4 Å². The second-order valence-corrected chi connectivity index (χ2v) is 16.8. The molecule has 0 N–H and O–H groups in total. The van der Waals surface area contributed by atoms with Crippen LogP contribution in [0.25, 0.3) is 32.3 Å². The maximum absolute atomic E-state index is 9.76. The number of anilines is 5. The van der Waals surface area contributed by atoms with Gasteiger partial charge in [0.25, 0.3) is 0 Å². The maximum Gasteiger partial charge on any atom is 0.0991 e. The summed E-state index contributed by atoms with van der Waals surface area (Å²) < 4.78 is 0. The van der Waals surface area contributed by atoms with Crippen molar-refractivity contribution < 1.29 is 0 Å². The van der Waals surface area contributed by atoms with Crippen LogP contribution in [0.3, 0.4) is 0 Å². The summed E-state index contributed by atoms with van der Waals surface area (Å²) in [7, 11) is 0. The molecule has 282 valence electrons. The molecule has 4 heteroatoms. The summed E-state index contributed by atoms with van der Waals surface area (Å²) in [6.07, 6.45) is 4.73. The van der Waals surface area contributed by atoms with Crippen LogP contribution >= 0.6 is 0 Å². The molecule has 7 aromatic carbocycles. The molecule has 0 radical (unpaired) electrons. The first-order valence-corrected chi connectivity index (χ1v) is 20.2. The second kappa shape index (κ2) is 14.6. The summed E-state index contributed by atoms with van der Waals surface area (Å²) >= 11 is 0. The van der Waals surface area contributed by atoms with Crippen LogP contribution in [0.5, 0.6) is 0 Å². The van der Waals surface area contributed by atoms with Gasteiger partial charge in [0, 0.05) is 39.4 Å². The third-order valence-electron chi connectivity index (χ3n) is 12.1. The summed E-state index contributed by atoms with van der Waals surface area (Å²) in [6, 6.07) is 41.8. The van der Waals surface area contributed by atoms with Gasteiger partial charge in [0.05, 0.1) is 35.0 Å². The first-order chi connectivity index (χ1) is 27.4. The van der Waals surface area contributed by atoms with E-state index in [2.05, 4.69) is 175 Å². The molecule has 0 aliphatic heterocycles. The Kier molecular flexibility index (Phi) is 9.63. The average molecular weight is 743 g/mol. The van der Waals surface area contributed by atoms with E-state index < -0.39 is 0 Å². The van der Waals surface area contributed by atoms with Crippen LogP contribution < -0.4 is 9.80 Å². The zero-order valence-corrected chi connectivity index (χ0v) is 34.6. The third-order valence-corrected chi connectivity index (χ3v) is 12.1. The lowest BCUT2D eigenvalue weighted by molar-refractivity contribution is 0.574. The quantitative estimate of drug-likeness (QED) is 0.146. The number of hydrogen-bond acceptors (Lipinski definition) is 4. The number of nitriles is 2. The summed E-state index contributed by atoms with van der Waals surface area (Å²) in [6.45, 7) is 20.3. The molecule has 0 saturated heterocycles. The topological polar surface area (TPSA) is 54.1 Å². The van der Waals surface area contributed by atoms with Gasteiger partial charge in [-0.05, 0) is 156 Å². The normalized spacial score (nSPS) is 15.6. The van der Waals surface area contributed by atoms with Gasteiger partial charge in [-0.15, -0.1) is 0 Å².